The number of rotatable bonds is 9. The summed E-state index contributed by atoms with van der Waals surface area (Å²) in [5, 5.41) is 23.3. The first-order valence-corrected chi connectivity index (χ1v) is 13.0. The molecule has 7 nitrogen and oxygen atoms in total. The fourth-order valence-corrected chi connectivity index (χ4v) is 4.79. The van der Waals surface area contributed by atoms with Gasteiger partial charge in [-0.05, 0) is 66.1 Å². The van der Waals surface area contributed by atoms with Gasteiger partial charge in [-0.25, -0.2) is 0 Å². The Morgan fingerprint density at radius 2 is 1.86 bits per heavy atom. The molecule has 186 valence electrons. The quantitative estimate of drug-likeness (QED) is 0.391. The van der Waals surface area contributed by atoms with E-state index in [9.17, 15) is 14.7 Å². The zero-order chi connectivity index (χ0) is 24.9. The summed E-state index contributed by atoms with van der Waals surface area (Å²) >= 11 is 2.17. The van der Waals surface area contributed by atoms with Crippen LogP contribution in [0.3, 0.4) is 0 Å². The molecule has 3 N–H and O–H groups in total. The van der Waals surface area contributed by atoms with Gasteiger partial charge in [-0.15, -0.1) is 0 Å². The summed E-state index contributed by atoms with van der Waals surface area (Å²) in [6, 6.07) is 14.8. The highest BCUT2D eigenvalue weighted by atomic mass is 127. The molecule has 2 aromatic carbocycles. The van der Waals surface area contributed by atoms with E-state index in [2.05, 4.69) is 27.9 Å². The third-order valence-corrected chi connectivity index (χ3v) is 7.29. The standard InChI is InChI=1S/C27H31IN2O5/c1-17-6-8-18(9-7-17)16-30(27(34)19-10-11-19)22-14-20(26(33)29-12-13-31)15-24(25(22)32)35-23-5-3-2-4-21(23)28/h2-9,15,19,22,24-25,31-32H,10-14,16H2,1H3,(H,29,33). The summed E-state index contributed by atoms with van der Waals surface area (Å²) in [6.07, 6.45) is 1.69. The molecule has 0 radical (unpaired) electrons. The smallest absolute Gasteiger partial charge is 0.247 e. The van der Waals surface area contributed by atoms with E-state index in [-0.39, 0.29) is 37.3 Å². The molecule has 8 heteroatoms. The second-order valence-electron chi connectivity index (χ2n) is 9.17. The summed E-state index contributed by atoms with van der Waals surface area (Å²) in [5.74, 6) is 0.226. The number of carbonyl (C=O) groups is 2. The summed E-state index contributed by atoms with van der Waals surface area (Å²) in [5.41, 5.74) is 2.53. The Morgan fingerprint density at radius 1 is 1.14 bits per heavy atom. The van der Waals surface area contributed by atoms with Crippen molar-refractivity contribution in [2.45, 2.75) is 51.0 Å². The molecule has 1 fully saturated rings. The van der Waals surface area contributed by atoms with Crippen molar-refractivity contribution in [2.24, 2.45) is 5.92 Å². The van der Waals surface area contributed by atoms with Gasteiger partial charge in [0.25, 0.3) is 0 Å². The Labute approximate surface area is 219 Å². The van der Waals surface area contributed by atoms with Crippen LogP contribution >= 0.6 is 22.6 Å². The first-order chi connectivity index (χ1) is 16.9. The molecule has 0 aromatic heterocycles. The SMILES string of the molecule is Cc1ccc(CN(C(=O)C2CC2)C2CC(C(=O)NCCO)=CC(Oc3ccccc3I)C2O)cc1. The van der Waals surface area contributed by atoms with Crippen LogP contribution in [-0.4, -0.2) is 58.3 Å². The number of amides is 2. The van der Waals surface area contributed by atoms with E-state index in [0.29, 0.717) is 17.9 Å². The van der Waals surface area contributed by atoms with Crippen LogP contribution in [0.25, 0.3) is 0 Å². The van der Waals surface area contributed by atoms with Crippen molar-refractivity contribution in [3.63, 3.8) is 0 Å². The molecule has 0 aliphatic heterocycles. The average molecular weight is 590 g/mol. The van der Waals surface area contributed by atoms with Crippen molar-refractivity contribution < 1.29 is 24.5 Å². The van der Waals surface area contributed by atoms with E-state index in [1.54, 1.807) is 11.0 Å². The zero-order valence-electron chi connectivity index (χ0n) is 19.7. The molecular formula is C27H31IN2O5. The number of aryl methyl sites for hydroxylation is 1. The van der Waals surface area contributed by atoms with Gasteiger partial charge in [0.2, 0.25) is 11.8 Å². The van der Waals surface area contributed by atoms with Crippen molar-refractivity contribution in [3.05, 3.63) is 74.9 Å². The van der Waals surface area contributed by atoms with Crippen molar-refractivity contribution >= 4 is 34.4 Å². The van der Waals surface area contributed by atoms with Crippen LogP contribution in [-0.2, 0) is 16.1 Å². The van der Waals surface area contributed by atoms with Gasteiger partial charge in [0.05, 0.1) is 16.2 Å². The van der Waals surface area contributed by atoms with Crippen LogP contribution in [0.15, 0.2) is 60.2 Å². The lowest BCUT2D eigenvalue weighted by atomic mass is 9.87. The first-order valence-electron chi connectivity index (χ1n) is 11.9. The maximum atomic E-state index is 13.4. The van der Waals surface area contributed by atoms with Crippen LogP contribution in [0.5, 0.6) is 5.75 Å². The molecule has 1 saturated carbocycles. The molecule has 2 aliphatic rings. The minimum Gasteiger partial charge on any atom is -0.482 e. The number of aliphatic hydroxyl groups is 2. The molecule has 0 spiro atoms. The number of nitrogens with one attached hydrogen (secondary N) is 1. The Balaban J connectivity index is 1.66. The van der Waals surface area contributed by atoms with E-state index in [4.69, 9.17) is 9.84 Å². The maximum absolute atomic E-state index is 13.4. The molecular weight excluding hydrogens is 559 g/mol. The number of nitrogens with zero attached hydrogens (tertiary/aromatic N) is 1. The van der Waals surface area contributed by atoms with Crippen LogP contribution in [0.2, 0.25) is 0 Å². The van der Waals surface area contributed by atoms with Gasteiger partial charge in [-0.3, -0.25) is 9.59 Å². The highest BCUT2D eigenvalue weighted by Gasteiger charge is 2.43. The first kappa shape index (κ1) is 25.7. The fourth-order valence-electron chi connectivity index (χ4n) is 4.28. The molecule has 2 aromatic rings. The number of aliphatic hydroxyl groups excluding tert-OH is 2. The third kappa shape index (κ3) is 6.42. The van der Waals surface area contributed by atoms with E-state index in [0.717, 1.165) is 27.5 Å². The second kappa shape index (κ2) is 11.5. The van der Waals surface area contributed by atoms with Crippen molar-refractivity contribution in [2.75, 3.05) is 13.2 Å². The zero-order valence-corrected chi connectivity index (χ0v) is 21.9. The fraction of sp³-hybridized carbons (Fsp3) is 0.407. The molecule has 0 bridgehead atoms. The van der Waals surface area contributed by atoms with Crippen LogP contribution in [0.1, 0.15) is 30.4 Å². The molecule has 3 atom stereocenters. The Morgan fingerprint density at radius 3 is 2.51 bits per heavy atom. The van der Waals surface area contributed by atoms with Gasteiger partial charge in [0.1, 0.15) is 18.0 Å². The molecule has 2 amide bonds. The predicted molar refractivity (Wildman–Crippen MR) is 141 cm³/mol. The van der Waals surface area contributed by atoms with E-state index >= 15 is 0 Å². The summed E-state index contributed by atoms with van der Waals surface area (Å²) < 4.78 is 7.06. The highest BCUT2D eigenvalue weighted by molar-refractivity contribution is 14.1. The highest BCUT2D eigenvalue weighted by Crippen LogP contribution is 2.36. The molecule has 35 heavy (non-hydrogen) atoms. The minimum absolute atomic E-state index is 0.000293. The monoisotopic (exact) mass is 590 g/mol. The van der Waals surface area contributed by atoms with E-state index in [1.807, 2.05) is 55.5 Å². The van der Waals surface area contributed by atoms with Gasteiger partial charge in [0.15, 0.2) is 0 Å². The normalized spacial score (nSPS) is 21.7. The van der Waals surface area contributed by atoms with Gasteiger partial charge < -0.3 is 25.2 Å². The lowest BCUT2D eigenvalue weighted by molar-refractivity contribution is -0.140. The summed E-state index contributed by atoms with van der Waals surface area (Å²) in [7, 11) is 0. The number of halogens is 1. The Hall–Kier alpha value is -2.43. The topological polar surface area (TPSA) is 99.1 Å². The predicted octanol–water partition coefficient (Wildman–Crippen LogP) is 2.95. The van der Waals surface area contributed by atoms with Gasteiger partial charge in [-0.2, -0.15) is 0 Å². The lowest BCUT2D eigenvalue weighted by Crippen LogP contribution is -2.55. The van der Waals surface area contributed by atoms with Crippen LogP contribution < -0.4 is 10.1 Å². The van der Waals surface area contributed by atoms with E-state index < -0.39 is 18.2 Å². The minimum atomic E-state index is -1.02. The molecule has 0 saturated heterocycles. The van der Waals surface area contributed by atoms with Crippen LogP contribution in [0.4, 0.5) is 0 Å². The lowest BCUT2D eigenvalue weighted by Gasteiger charge is -2.40. The molecule has 4 rings (SSSR count). The number of carbonyl (C=O) groups excluding carboxylic acids is 2. The molecule has 0 heterocycles. The Kier molecular flexibility index (Phi) is 8.46. The Bertz CT molecular complexity index is 1080. The average Bonchev–Trinajstić information content (AvgIpc) is 3.70. The number of ether oxygens (including phenoxy) is 1. The van der Waals surface area contributed by atoms with Crippen molar-refractivity contribution in [1.82, 2.24) is 10.2 Å². The van der Waals surface area contributed by atoms with Crippen LogP contribution in [0, 0.1) is 16.4 Å². The largest absolute Gasteiger partial charge is 0.482 e. The third-order valence-electron chi connectivity index (χ3n) is 6.40. The number of hydrogen-bond donors (Lipinski definition) is 3. The molecule has 2 aliphatic carbocycles. The number of hydrogen-bond acceptors (Lipinski definition) is 5. The second-order valence-corrected chi connectivity index (χ2v) is 10.3. The number of benzene rings is 2. The van der Waals surface area contributed by atoms with Gasteiger partial charge in [0, 0.05) is 31.0 Å². The maximum Gasteiger partial charge on any atom is 0.247 e. The molecule has 3 unspecified atom stereocenters. The van der Waals surface area contributed by atoms with Crippen molar-refractivity contribution in [1.29, 1.82) is 0 Å². The van der Waals surface area contributed by atoms with E-state index in [1.165, 1.54) is 0 Å². The van der Waals surface area contributed by atoms with Gasteiger partial charge in [-0.1, -0.05) is 42.0 Å². The summed E-state index contributed by atoms with van der Waals surface area (Å²) in [6.45, 7) is 2.31. The number of para-hydroxylation sites is 1. The van der Waals surface area contributed by atoms with Gasteiger partial charge >= 0.3 is 0 Å². The summed E-state index contributed by atoms with van der Waals surface area (Å²) in [4.78, 5) is 28.0. The van der Waals surface area contributed by atoms with Crippen molar-refractivity contribution in [3.8, 4) is 5.75 Å².